The minimum atomic E-state index is -4.55. The summed E-state index contributed by atoms with van der Waals surface area (Å²) >= 11 is 0. The van der Waals surface area contributed by atoms with E-state index >= 15 is 0 Å². The van der Waals surface area contributed by atoms with Crippen LogP contribution in [0, 0.1) is 6.92 Å². The van der Waals surface area contributed by atoms with Crippen LogP contribution in [0.4, 0.5) is 19.1 Å². The van der Waals surface area contributed by atoms with Gasteiger partial charge in [-0.05, 0) is 70.5 Å². The Morgan fingerprint density at radius 3 is 2.69 bits per heavy atom. The third kappa shape index (κ3) is 5.56. The molecule has 1 heterocycles. The summed E-state index contributed by atoms with van der Waals surface area (Å²) in [6, 6.07) is 10.1. The van der Waals surface area contributed by atoms with Gasteiger partial charge in [0.2, 0.25) is 11.9 Å². The molecule has 10 heteroatoms. The summed E-state index contributed by atoms with van der Waals surface area (Å²) in [5, 5.41) is 5.65. The van der Waals surface area contributed by atoms with Gasteiger partial charge in [0.25, 0.3) is 5.91 Å². The van der Waals surface area contributed by atoms with Crippen molar-refractivity contribution in [1.82, 2.24) is 14.6 Å². The fourth-order valence-corrected chi connectivity index (χ4v) is 5.73. The average molecular weight is 502 g/mol. The minimum Gasteiger partial charge on any atom is -0.334 e. The minimum absolute atomic E-state index is 0.0447. The van der Waals surface area contributed by atoms with E-state index in [1.165, 1.54) is 18.2 Å². The van der Waals surface area contributed by atoms with Crippen LogP contribution >= 0.6 is 8.73 Å². The fourth-order valence-electron chi connectivity index (χ4n) is 4.45. The Kier molecular flexibility index (Phi) is 7.26. The maximum atomic E-state index is 13.2. The number of aryl methyl sites for hydroxylation is 1. The predicted octanol–water partition coefficient (Wildman–Crippen LogP) is 6.00. The Morgan fingerprint density at radius 2 is 1.94 bits per heavy atom. The first kappa shape index (κ1) is 24.9. The maximum Gasteiger partial charge on any atom is 0.416 e. The number of aromatic nitrogens is 2. The number of nitrogens with zero attached hydrogens (tertiary/aromatic N) is 2. The molecule has 2 aromatic carbocycles. The molecule has 35 heavy (non-hydrogen) atoms. The molecule has 1 aliphatic carbocycles. The standard InChI is InChI=1S/C25H26F3N4O2P/c1-3-22(33)31-35-21-10-5-4-9-20(21)32-19-12-11-15(2)13-18(19)29-24(32)30-23(34)16-7-6-8-17(14-16)25(26,27)28/h3,6-8,11-14,20-21,35H,1,4-5,9-10H2,2H3,(H,31,33)(H,29,30,34). The number of carbonyl (C=O) groups is 2. The van der Waals surface area contributed by atoms with Gasteiger partial charge in [-0.3, -0.25) is 14.9 Å². The van der Waals surface area contributed by atoms with Crippen molar-refractivity contribution in [1.29, 1.82) is 0 Å². The molecular formula is C25H26F3N4O2P. The SMILES string of the molecule is C=CC(=O)NPC1CCCCC1n1c(NC(=O)c2cccc(C(F)(F)F)c2)nc2cc(C)ccc21. The van der Waals surface area contributed by atoms with Crippen LogP contribution in [0.3, 0.4) is 0 Å². The summed E-state index contributed by atoms with van der Waals surface area (Å²) in [4.78, 5) is 29.4. The lowest BCUT2D eigenvalue weighted by Gasteiger charge is -2.33. The van der Waals surface area contributed by atoms with Crippen LogP contribution in [-0.4, -0.2) is 27.0 Å². The molecule has 0 bridgehead atoms. The summed E-state index contributed by atoms with van der Waals surface area (Å²) in [6.07, 6.45) is 0.415. The van der Waals surface area contributed by atoms with Crippen LogP contribution in [0.25, 0.3) is 11.0 Å². The first-order chi connectivity index (χ1) is 16.7. The highest BCUT2D eigenvalue weighted by Crippen LogP contribution is 2.42. The number of nitrogens with one attached hydrogen (secondary N) is 2. The van der Waals surface area contributed by atoms with Crippen LogP contribution in [0.2, 0.25) is 0 Å². The molecule has 3 atom stereocenters. The molecule has 4 rings (SSSR count). The molecule has 0 saturated heterocycles. The molecule has 1 fully saturated rings. The highest BCUT2D eigenvalue weighted by Gasteiger charge is 2.32. The molecule has 0 radical (unpaired) electrons. The van der Waals surface area contributed by atoms with Crippen LogP contribution in [0.5, 0.6) is 0 Å². The number of benzene rings is 2. The van der Waals surface area contributed by atoms with E-state index < -0.39 is 17.6 Å². The van der Waals surface area contributed by atoms with Crippen LogP contribution in [-0.2, 0) is 11.0 Å². The molecule has 3 unspecified atom stereocenters. The number of fused-ring (bicyclic) bond motifs is 1. The maximum absolute atomic E-state index is 13.2. The lowest BCUT2D eigenvalue weighted by molar-refractivity contribution is -0.137. The number of alkyl halides is 3. The molecular weight excluding hydrogens is 476 g/mol. The highest BCUT2D eigenvalue weighted by molar-refractivity contribution is 7.37. The molecule has 0 aliphatic heterocycles. The van der Waals surface area contributed by atoms with Gasteiger partial charge in [0.1, 0.15) is 0 Å². The molecule has 2 N–H and O–H groups in total. The van der Waals surface area contributed by atoms with E-state index in [1.807, 2.05) is 29.7 Å². The summed E-state index contributed by atoms with van der Waals surface area (Å²) in [5.41, 5.74) is 1.64. The zero-order chi connectivity index (χ0) is 25.2. The number of halogens is 3. The van der Waals surface area contributed by atoms with Gasteiger partial charge in [0.15, 0.2) is 0 Å². The van der Waals surface area contributed by atoms with E-state index in [1.54, 1.807) is 0 Å². The molecule has 3 aromatic rings. The van der Waals surface area contributed by atoms with E-state index in [2.05, 4.69) is 22.0 Å². The Balaban J connectivity index is 1.71. The van der Waals surface area contributed by atoms with Gasteiger partial charge in [0, 0.05) is 17.3 Å². The summed E-state index contributed by atoms with van der Waals surface area (Å²) < 4.78 is 41.4. The fraction of sp³-hybridized carbons (Fsp3) is 0.320. The highest BCUT2D eigenvalue weighted by atomic mass is 31.1. The zero-order valence-corrected chi connectivity index (χ0v) is 20.2. The molecule has 2 amide bonds. The Hall–Kier alpha value is -3.19. The number of carbonyl (C=O) groups excluding carboxylic acids is 2. The Labute approximate surface area is 202 Å². The number of hydrogen-bond acceptors (Lipinski definition) is 3. The van der Waals surface area contributed by atoms with Crippen molar-refractivity contribution >= 4 is 37.5 Å². The second-order valence-corrected chi connectivity index (χ2v) is 9.91. The van der Waals surface area contributed by atoms with Gasteiger partial charge < -0.3 is 9.65 Å². The summed E-state index contributed by atoms with van der Waals surface area (Å²) in [7, 11) is 0.155. The van der Waals surface area contributed by atoms with Crippen molar-refractivity contribution in [3.05, 3.63) is 71.8 Å². The van der Waals surface area contributed by atoms with Gasteiger partial charge in [-0.1, -0.05) is 31.6 Å². The van der Waals surface area contributed by atoms with Crippen LogP contribution in [0.1, 0.15) is 53.2 Å². The normalized spacial score (nSPS) is 18.6. The van der Waals surface area contributed by atoms with Crippen molar-refractivity contribution in [2.45, 2.75) is 50.5 Å². The molecule has 1 aliphatic rings. The number of anilines is 1. The molecule has 6 nitrogen and oxygen atoms in total. The molecule has 0 spiro atoms. The first-order valence-electron chi connectivity index (χ1n) is 11.3. The van der Waals surface area contributed by atoms with Gasteiger partial charge in [-0.2, -0.15) is 13.2 Å². The van der Waals surface area contributed by atoms with E-state index in [0.29, 0.717) is 5.52 Å². The van der Waals surface area contributed by atoms with Gasteiger partial charge in [-0.15, -0.1) is 0 Å². The van der Waals surface area contributed by atoms with Crippen molar-refractivity contribution in [2.24, 2.45) is 0 Å². The number of amides is 2. The predicted molar refractivity (Wildman–Crippen MR) is 132 cm³/mol. The molecule has 1 saturated carbocycles. The molecule has 184 valence electrons. The number of hydrogen-bond donors (Lipinski definition) is 2. The topological polar surface area (TPSA) is 76.0 Å². The number of imidazole rings is 1. The van der Waals surface area contributed by atoms with Crippen molar-refractivity contribution < 1.29 is 22.8 Å². The second kappa shape index (κ2) is 10.2. The Morgan fingerprint density at radius 1 is 1.17 bits per heavy atom. The van der Waals surface area contributed by atoms with E-state index in [-0.39, 0.29) is 37.9 Å². The van der Waals surface area contributed by atoms with Gasteiger partial charge in [0.05, 0.1) is 16.6 Å². The Bertz CT molecular complexity index is 1270. The third-order valence-electron chi connectivity index (χ3n) is 6.15. The van der Waals surface area contributed by atoms with Crippen molar-refractivity contribution in [3.8, 4) is 0 Å². The van der Waals surface area contributed by atoms with E-state index in [9.17, 15) is 22.8 Å². The first-order valence-corrected chi connectivity index (χ1v) is 12.4. The zero-order valence-electron chi connectivity index (χ0n) is 19.2. The van der Waals surface area contributed by atoms with E-state index in [4.69, 9.17) is 0 Å². The lowest BCUT2D eigenvalue weighted by Crippen LogP contribution is -2.29. The lowest BCUT2D eigenvalue weighted by atomic mass is 9.94. The summed E-state index contributed by atoms with van der Waals surface area (Å²) in [5.74, 6) is -0.624. The third-order valence-corrected chi connectivity index (χ3v) is 7.58. The summed E-state index contributed by atoms with van der Waals surface area (Å²) in [6.45, 7) is 5.44. The number of rotatable bonds is 6. The van der Waals surface area contributed by atoms with Crippen molar-refractivity contribution in [2.75, 3.05) is 5.32 Å². The largest absolute Gasteiger partial charge is 0.416 e. The molecule has 1 aromatic heterocycles. The van der Waals surface area contributed by atoms with Crippen LogP contribution in [0.15, 0.2) is 55.1 Å². The van der Waals surface area contributed by atoms with Crippen LogP contribution < -0.4 is 10.4 Å². The van der Waals surface area contributed by atoms with Gasteiger partial charge in [-0.25, -0.2) is 4.98 Å². The average Bonchev–Trinajstić information content (AvgIpc) is 3.18. The smallest absolute Gasteiger partial charge is 0.334 e. The van der Waals surface area contributed by atoms with Gasteiger partial charge >= 0.3 is 6.18 Å². The van der Waals surface area contributed by atoms with E-state index in [0.717, 1.165) is 48.9 Å². The van der Waals surface area contributed by atoms with Crippen molar-refractivity contribution in [3.63, 3.8) is 0 Å². The monoisotopic (exact) mass is 502 g/mol. The quantitative estimate of drug-likeness (QED) is 0.321. The second-order valence-electron chi connectivity index (χ2n) is 8.63.